The first-order chi connectivity index (χ1) is 9.14. The maximum atomic E-state index is 11.8. The van der Waals surface area contributed by atoms with Crippen LogP contribution in [0.3, 0.4) is 0 Å². The summed E-state index contributed by atoms with van der Waals surface area (Å²) < 4.78 is 5.23. The van der Waals surface area contributed by atoms with Gasteiger partial charge < -0.3 is 10.1 Å². The zero-order valence-electron chi connectivity index (χ0n) is 11.4. The Kier molecular flexibility index (Phi) is 4.20. The molecule has 1 fully saturated rings. The molecule has 1 N–H and O–H groups in total. The molecule has 0 aromatic carbocycles. The molecule has 104 valence electrons. The van der Waals surface area contributed by atoms with Gasteiger partial charge in [0.05, 0.1) is 13.2 Å². The fourth-order valence-corrected chi connectivity index (χ4v) is 2.18. The van der Waals surface area contributed by atoms with Crippen molar-refractivity contribution < 1.29 is 9.53 Å². The first-order valence-electron chi connectivity index (χ1n) is 6.86. The lowest BCUT2D eigenvalue weighted by Crippen LogP contribution is -2.50. The molecule has 0 bridgehead atoms. The third kappa shape index (κ3) is 3.54. The number of nitrogens with zero attached hydrogens (tertiary/aromatic N) is 2. The Labute approximate surface area is 114 Å². The van der Waals surface area contributed by atoms with E-state index in [1.165, 1.54) is 0 Å². The monoisotopic (exact) mass is 263 g/mol. The Morgan fingerprint density at radius 2 is 2.16 bits per heavy atom. The first kappa shape index (κ1) is 14.0. The molecule has 0 aromatic heterocycles. The number of carbonyl (C=O) groups is 1. The molecule has 2 aliphatic heterocycles. The number of amides is 1. The zero-order chi connectivity index (χ0) is 13.8. The molecule has 1 amide bonds. The Morgan fingerprint density at radius 1 is 1.42 bits per heavy atom. The van der Waals surface area contributed by atoms with Crippen LogP contribution in [0.4, 0.5) is 0 Å². The van der Waals surface area contributed by atoms with Gasteiger partial charge in [-0.15, -0.1) is 12.3 Å². The standard InChI is InChI=1S/C14H21N3O2/c1-3-5-7-14(16-17-14)8-6-12(18)15-9-13(4-2)10-19-11-13/h1H,4-11H2,2H3,(H,15,18). The molecule has 5 nitrogen and oxygen atoms in total. The van der Waals surface area contributed by atoms with Crippen LogP contribution < -0.4 is 5.32 Å². The molecule has 0 aromatic rings. The van der Waals surface area contributed by atoms with Crippen molar-refractivity contribution in [3.05, 3.63) is 0 Å². The minimum Gasteiger partial charge on any atom is -0.380 e. The lowest BCUT2D eigenvalue weighted by Gasteiger charge is -2.40. The number of hydrogen-bond donors (Lipinski definition) is 1. The Balaban J connectivity index is 1.64. The van der Waals surface area contributed by atoms with Crippen LogP contribution in [0.2, 0.25) is 0 Å². The molecule has 2 heterocycles. The summed E-state index contributed by atoms with van der Waals surface area (Å²) in [4.78, 5) is 11.8. The summed E-state index contributed by atoms with van der Waals surface area (Å²) in [6, 6.07) is 0. The highest BCUT2D eigenvalue weighted by molar-refractivity contribution is 5.76. The number of terminal acetylenes is 1. The van der Waals surface area contributed by atoms with E-state index in [2.05, 4.69) is 28.4 Å². The van der Waals surface area contributed by atoms with Gasteiger partial charge in [0.2, 0.25) is 5.91 Å². The topological polar surface area (TPSA) is 63.0 Å². The van der Waals surface area contributed by atoms with E-state index >= 15 is 0 Å². The zero-order valence-corrected chi connectivity index (χ0v) is 11.4. The predicted molar refractivity (Wildman–Crippen MR) is 71.4 cm³/mol. The van der Waals surface area contributed by atoms with E-state index < -0.39 is 0 Å². The highest BCUT2D eigenvalue weighted by atomic mass is 16.5. The van der Waals surface area contributed by atoms with Gasteiger partial charge in [0.15, 0.2) is 5.66 Å². The van der Waals surface area contributed by atoms with E-state index in [4.69, 9.17) is 11.2 Å². The maximum absolute atomic E-state index is 11.8. The summed E-state index contributed by atoms with van der Waals surface area (Å²) in [5.74, 6) is 2.65. The largest absolute Gasteiger partial charge is 0.380 e. The molecule has 0 unspecified atom stereocenters. The van der Waals surface area contributed by atoms with Gasteiger partial charge in [-0.3, -0.25) is 4.79 Å². The lowest BCUT2D eigenvalue weighted by atomic mass is 9.83. The van der Waals surface area contributed by atoms with Crippen LogP contribution in [-0.4, -0.2) is 31.3 Å². The van der Waals surface area contributed by atoms with E-state index in [9.17, 15) is 4.79 Å². The van der Waals surface area contributed by atoms with Gasteiger partial charge in [-0.1, -0.05) is 6.92 Å². The third-order valence-corrected chi connectivity index (χ3v) is 4.03. The molecule has 2 rings (SSSR count). The molecule has 5 heteroatoms. The van der Waals surface area contributed by atoms with Crippen LogP contribution in [0.5, 0.6) is 0 Å². The Bertz CT molecular complexity index is 396. The van der Waals surface area contributed by atoms with Crippen LogP contribution in [0, 0.1) is 17.8 Å². The smallest absolute Gasteiger partial charge is 0.220 e. The summed E-state index contributed by atoms with van der Waals surface area (Å²) in [7, 11) is 0. The number of rotatable bonds is 8. The average molecular weight is 263 g/mol. The molecular weight excluding hydrogens is 242 g/mol. The van der Waals surface area contributed by atoms with Crippen molar-refractivity contribution >= 4 is 5.91 Å². The number of hydrogen-bond acceptors (Lipinski definition) is 4. The second-order valence-electron chi connectivity index (χ2n) is 5.51. The quantitative estimate of drug-likeness (QED) is 0.680. The molecular formula is C14H21N3O2. The molecule has 0 aliphatic carbocycles. The summed E-state index contributed by atoms with van der Waals surface area (Å²) >= 11 is 0. The van der Waals surface area contributed by atoms with Crippen molar-refractivity contribution in [2.75, 3.05) is 19.8 Å². The minimum atomic E-state index is -0.355. The molecule has 0 saturated carbocycles. The van der Waals surface area contributed by atoms with Gasteiger partial charge in [0.25, 0.3) is 0 Å². The Morgan fingerprint density at radius 3 is 2.63 bits per heavy atom. The van der Waals surface area contributed by atoms with Gasteiger partial charge in [-0.05, 0) is 6.42 Å². The van der Waals surface area contributed by atoms with Crippen LogP contribution in [-0.2, 0) is 9.53 Å². The van der Waals surface area contributed by atoms with Crippen molar-refractivity contribution in [2.24, 2.45) is 15.6 Å². The van der Waals surface area contributed by atoms with Crippen molar-refractivity contribution in [1.29, 1.82) is 0 Å². The van der Waals surface area contributed by atoms with Gasteiger partial charge in [0.1, 0.15) is 0 Å². The van der Waals surface area contributed by atoms with Crippen molar-refractivity contribution in [3.63, 3.8) is 0 Å². The molecule has 0 spiro atoms. The lowest BCUT2D eigenvalue weighted by molar-refractivity contribution is -0.130. The van der Waals surface area contributed by atoms with E-state index in [0.717, 1.165) is 26.1 Å². The fourth-order valence-electron chi connectivity index (χ4n) is 2.18. The highest BCUT2D eigenvalue weighted by Gasteiger charge is 2.40. The number of carbonyl (C=O) groups excluding carboxylic acids is 1. The molecule has 0 atom stereocenters. The second-order valence-corrected chi connectivity index (χ2v) is 5.51. The summed E-state index contributed by atoms with van der Waals surface area (Å²) in [6.45, 7) is 4.33. The second kappa shape index (κ2) is 5.70. The molecule has 0 radical (unpaired) electrons. The van der Waals surface area contributed by atoms with Crippen LogP contribution >= 0.6 is 0 Å². The van der Waals surface area contributed by atoms with Gasteiger partial charge in [-0.25, -0.2) is 0 Å². The van der Waals surface area contributed by atoms with Crippen LogP contribution in [0.1, 0.15) is 39.0 Å². The summed E-state index contributed by atoms with van der Waals surface area (Å²) in [5, 5.41) is 11.0. The van der Waals surface area contributed by atoms with Gasteiger partial charge >= 0.3 is 0 Å². The number of ether oxygens (including phenoxy) is 1. The Hall–Kier alpha value is -1.41. The SMILES string of the molecule is C#CCCC1(CCC(=O)NCC2(CC)COC2)N=N1. The van der Waals surface area contributed by atoms with E-state index in [-0.39, 0.29) is 17.0 Å². The molecule has 1 saturated heterocycles. The van der Waals surface area contributed by atoms with Crippen molar-refractivity contribution in [3.8, 4) is 12.3 Å². The van der Waals surface area contributed by atoms with Crippen LogP contribution in [0.15, 0.2) is 10.2 Å². The van der Waals surface area contributed by atoms with E-state index in [1.54, 1.807) is 0 Å². The molecule has 19 heavy (non-hydrogen) atoms. The predicted octanol–water partition coefficient (Wildman–Crippen LogP) is 1.88. The van der Waals surface area contributed by atoms with Crippen LogP contribution in [0.25, 0.3) is 0 Å². The fraction of sp³-hybridized carbons (Fsp3) is 0.786. The highest BCUT2D eigenvalue weighted by Crippen LogP contribution is 2.37. The van der Waals surface area contributed by atoms with Crippen molar-refractivity contribution in [2.45, 2.75) is 44.7 Å². The minimum absolute atomic E-state index is 0.0668. The summed E-state index contributed by atoms with van der Waals surface area (Å²) in [5.41, 5.74) is -0.198. The van der Waals surface area contributed by atoms with Crippen molar-refractivity contribution in [1.82, 2.24) is 5.32 Å². The summed E-state index contributed by atoms with van der Waals surface area (Å²) in [6.07, 6.45) is 8.79. The van der Waals surface area contributed by atoms with E-state index in [1.807, 2.05) is 0 Å². The average Bonchev–Trinajstić information content (AvgIpc) is 3.14. The van der Waals surface area contributed by atoms with E-state index in [0.29, 0.717) is 25.8 Å². The maximum Gasteiger partial charge on any atom is 0.220 e. The first-order valence-corrected chi connectivity index (χ1v) is 6.86. The number of nitrogens with one attached hydrogen (secondary N) is 1. The normalized spacial score (nSPS) is 21.3. The van der Waals surface area contributed by atoms with Gasteiger partial charge in [0, 0.05) is 37.6 Å². The van der Waals surface area contributed by atoms with Gasteiger partial charge in [-0.2, -0.15) is 10.2 Å². The molecule has 2 aliphatic rings. The third-order valence-electron chi connectivity index (χ3n) is 4.03.